The van der Waals surface area contributed by atoms with E-state index in [0.29, 0.717) is 16.9 Å². The highest BCUT2D eigenvalue weighted by Gasteiger charge is 2.15. The maximum absolute atomic E-state index is 13.7. The maximum Gasteiger partial charge on any atom is 0.338 e. The van der Waals surface area contributed by atoms with E-state index < -0.39 is 11.8 Å². The van der Waals surface area contributed by atoms with Crippen LogP contribution in [0.4, 0.5) is 4.39 Å². The molecule has 2 N–H and O–H groups in total. The number of carbonyl (C=O) groups is 1. The van der Waals surface area contributed by atoms with Crippen LogP contribution in [-0.2, 0) is 0 Å². The van der Waals surface area contributed by atoms with Gasteiger partial charge in [0.05, 0.1) is 16.6 Å². The van der Waals surface area contributed by atoms with Crippen LogP contribution in [-0.4, -0.2) is 21.0 Å². The fourth-order valence-electron chi connectivity index (χ4n) is 2.00. The van der Waals surface area contributed by atoms with E-state index in [1.165, 1.54) is 6.07 Å². The number of rotatable bonds is 2. The number of nitrogens with zero attached hydrogens (tertiary/aromatic N) is 1. The highest BCUT2D eigenvalue weighted by atomic mass is 127. The number of hydrogen-bond donors (Lipinski definition) is 2. The highest BCUT2D eigenvalue weighted by molar-refractivity contribution is 14.1. The number of benzene rings is 2. The molecule has 0 amide bonds. The quantitative estimate of drug-likeness (QED) is 0.556. The number of carboxylic acid groups (broad SMARTS) is 1. The van der Waals surface area contributed by atoms with Crippen molar-refractivity contribution < 1.29 is 14.3 Å². The second kappa shape index (κ2) is 5.38. The SMILES string of the molecule is O=C(O)c1cc2nc(-c3cc(I)ccc3Br)[nH]c2cc1F. The van der Waals surface area contributed by atoms with E-state index in [4.69, 9.17) is 5.11 Å². The molecule has 0 unspecified atom stereocenters. The molecule has 0 spiro atoms. The summed E-state index contributed by atoms with van der Waals surface area (Å²) in [7, 11) is 0. The van der Waals surface area contributed by atoms with Gasteiger partial charge in [0.2, 0.25) is 0 Å². The van der Waals surface area contributed by atoms with E-state index in [0.717, 1.165) is 19.7 Å². The summed E-state index contributed by atoms with van der Waals surface area (Å²) in [6.07, 6.45) is 0. The first kappa shape index (κ1) is 14.5. The topological polar surface area (TPSA) is 66.0 Å². The van der Waals surface area contributed by atoms with E-state index in [2.05, 4.69) is 48.5 Å². The number of halogens is 3. The molecule has 7 heteroatoms. The van der Waals surface area contributed by atoms with Gasteiger partial charge in [-0.25, -0.2) is 14.2 Å². The van der Waals surface area contributed by atoms with Crippen LogP contribution in [0.25, 0.3) is 22.4 Å². The first-order valence-electron chi connectivity index (χ1n) is 5.83. The number of H-pyrrole nitrogens is 1. The van der Waals surface area contributed by atoms with Gasteiger partial charge in [0, 0.05) is 19.7 Å². The van der Waals surface area contributed by atoms with Crippen molar-refractivity contribution >= 4 is 55.5 Å². The zero-order valence-corrected chi connectivity index (χ0v) is 14.1. The van der Waals surface area contributed by atoms with Crippen molar-refractivity contribution in [3.8, 4) is 11.4 Å². The van der Waals surface area contributed by atoms with Gasteiger partial charge >= 0.3 is 5.97 Å². The first-order valence-corrected chi connectivity index (χ1v) is 7.71. The Morgan fingerprint density at radius 2 is 2.10 bits per heavy atom. The largest absolute Gasteiger partial charge is 0.478 e. The van der Waals surface area contributed by atoms with Crippen molar-refractivity contribution in [2.24, 2.45) is 0 Å². The normalized spacial score (nSPS) is 11.0. The number of fused-ring (bicyclic) bond motifs is 1. The average molecular weight is 461 g/mol. The van der Waals surface area contributed by atoms with Crippen LogP contribution >= 0.6 is 38.5 Å². The summed E-state index contributed by atoms with van der Waals surface area (Å²) >= 11 is 5.63. The second-order valence-corrected chi connectivity index (χ2v) is 6.46. The van der Waals surface area contributed by atoms with Crippen LogP contribution in [0.1, 0.15) is 10.4 Å². The second-order valence-electron chi connectivity index (χ2n) is 4.36. The molecule has 0 saturated heterocycles. The lowest BCUT2D eigenvalue weighted by atomic mass is 10.2. The molecule has 3 aromatic rings. The van der Waals surface area contributed by atoms with Gasteiger partial charge in [-0.15, -0.1) is 0 Å². The third-order valence-electron chi connectivity index (χ3n) is 2.98. The fraction of sp³-hybridized carbons (Fsp3) is 0. The number of imidazole rings is 1. The van der Waals surface area contributed by atoms with Gasteiger partial charge in [-0.05, 0) is 46.9 Å². The Labute approximate surface area is 140 Å². The zero-order chi connectivity index (χ0) is 15.1. The van der Waals surface area contributed by atoms with Crippen LogP contribution in [0, 0.1) is 9.39 Å². The Morgan fingerprint density at radius 3 is 2.81 bits per heavy atom. The molecule has 1 heterocycles. The van der Waals surface area contributed by atoms with Crippen molar-refractivity contribution in [2.45, 2.75) is 0 Å². The summed E-state index contributed by atoms with van der Waals surface area (Å²) in [6.45, 7) is 0. The number of nitrogens with one attached hydrogen (secondary N) is 1. The monoisotopic (exact) mass is 460 g/mol. The lowest BCUT2D eigenvalue weighted by Gasteiger charge is -2.01. The molecule has 21 heavy (non-hydrogen) atoms. The van der Waals surface area contributed by atoms with Crippen LogP contribution < -0.4 is 0 Å². The number of hydrogen-bond acceptors (Lipinski definition) is 2. The summed E-state index contributed by atoms with van der Waals surface area (Å²) in [5.41, 5.74) is 1.31. The molecule has 106 valence electrons. The average Bonchev–Trinajstić information content (AvgIpc) is 2.82. The van der Waals surface area contributed by atoms with Gasteiger partial charge in [-0.2, -0.15) is 0 Å². The smallest absolute Gasteiger partial charge is 0.338 e. The van der Waals surface area contributed by atoms with Crippen molar-refractivity contribution in [2.75, 3.05) is 0 Å². The predicted octanol–water partition coefficient (Wildman–Crippen LogP) is 4.43. The Kier molecular flexibility index (Phi) is 3.70. The Hall–Kier alpha value is -1.48. The molecule has 0 aliphatic heterocycles. The molecule has 4 nitrogen and oxygen atoms in total. The van der Waals surface area contributed by atoms with Crippen LogP contribution in [0.3, 0.4) is 0 Å². The molecule has 1 aromatic heterocycles. The highest BCUT2D eigenvalue weighted by Crippen LogP contribution is 2.30. The Bertz CT molecular complexity index is 879. The van der Waals surface area contributed by atoms with Gasteiger partial charge < -0.3 is 10.1 Å². The molecular weight excluding hydrogens is 454 g/mol. The van der Waals surface area contributed by atoms with Crippen molar-refractivity contribution in [1.29, 1.82) is 0 Å². The molecule has 0 aliphatic carbocycles. The third kappa shape index (κ3) is 2.67. The molecule has 0 aliphatic rings. The molecule has 0 atom stereocenters. The third-order valence-corrected chi connectivity index (χ3v) is 4.35. The molecule has 0 radical (unpaired) electrons. The van der Waals surface area contributed by atoms with E-state index in [1.807, 2.05) is 18.2 Å². The number of aromatic nitrogens is 2. The Morgan fingerprint density at radius 1 is 1.33 bits per heavy atom. The van der Waals surface area contributed by atoms with Crippen molar-refractivity contribution in [1.82, 2.24) is 9.97 Å². The van der Waals surface area contributed by atoms with Crippen molar-refractivity contribution in [3.63, 3.8) is 0 Å². The molecule has 0 fully saturated rings. The van der Waals surface area contributed by atoms with E-state index in [-0.39, 0.29) is 5.56 Å². The lowest BCUT2D eigenvalue weighted by molar-refractivity contribution is 0.0692. The minimum Gasteiger partial charge on any atom is -0.478 e. The standard InChI is InChI=1S/C14H7BrFIN2O2/c15-9-2-1-6(17)3-7(9)13-18-11-4-8(14(20)21)10(16)5-12(11)19-13/h1-5H,(H,18,19)(H,20,21). The molecular formula is C14H7BrFIN2O2. The van der Waals surface area contributed by atoms with Gasteiger partial charge in [-0.3, -0.25) is 0 Å². The summed E-state index contributed by atoms with van der Waals surface area (Å²) in [6, 6.07) is 8.15. The van der Waals surface area contributed by atoms with Crippen LogP contribution in [0.15, 0.2) is 34.8 Å². The minimum absolute atomic E-state index is 0.387. The molecule has 2 aromatic carbocycles. The number of aromatic amines is 1. The van der Waals surface area contributed by atoms with E-state index in [1.54, 1.807) is 0 Å². The summed E-state index contributed by atoms with van der Waals surface area (Å²) < 4.78 is 15.6. The molecule has 0 bridgehead atoms. The summed E-state index contributed by atoms with van der Waals surface area (Å²) in [5.74, 6) is -1.54. The maximum atomic E-state index is 13.7. The van der Waals surface area contributed by atoms with Crippen LogP contribution in [0.5, 0.6) is 0 Å². The number of aromatic carboxylic acids is 1. The molecule has 3 rings (SSSR count). The Balaban J connectivity index is 2.21. The van der Waals surface area contributed by atoms with Gasteiger partial charge in [0.15, 0.2) is 0 Å². The van der Waals surface area contributed by atoms with E-state index in [9.17, 15) is 9.18 Å². The molecule has 0 saturated carbocycles. The first-order chi connectivity index (χ1) is 9.95. The van der Waals surface area contributed by atoms with Gasteiger partial charge in [0.25, 0.3) is 0 Å². The summed E-state index contributed by atoms with van der Waals surface area (Å²) in [4.78, 5) is 18.3. The van der Waals surface area contributed by atoms with Crippen LogP contribution in [0.2, 0.25) is 0 Å². The number of carboxylic acids is 1. The lowest BCUT2D eigenvalue weighted by Crippen LogP contribution is -1.99. The fourth-order valence-corrected chi connectivity index (χ4v) is 2.93. The van der Waals surface area contributed by atoms with Crippen molar-refractivity contribution in [3.05, 3.63) is 49.8 Å². The van der Waals surface area contributed by atoms with Gasteiger partial charge in [0.1, 0.15) is 11.6 Å². The van der Waals surface area contributed by atoms with Gasteiger partial charge in [-0.1, -0.05) is 15.9 Å². The van der Waals surface area contributed by atoms with E-state index >= 15 is 0 Å². The minimum atomic E-state index is -1.31. The zero-order valence-electron chi connectivity index (χ0n) is 10.3. The summed E-state index contributed by atoms with van der Waals surface area (Å²) in [5, 5.41) is 8.94. The predicted molar refractivity (Wildman–Crippen MR) is 88.9 cm³/mol.